The number of carbonyl (C=O) groups excluding carboxylic acids is 1. The topological polar surface area (TPSA) is 29.5 Å². The summed E-state index contributed by atoms with van der Waals surface area (Å²) in [6.45, 7) is 0.820. The number of esters is 1. The van der Waals surface area contributed by atoms with Crippen LogP contribution in [0.15, 0.2) is 24.3 Å². The molecule has 0 saturated carbocycles. The number of hydrogen-bond acceptors (Lipinski definition) is 3. The van der Waals surface area contributed by atoms with Crippen LogP contribution in [0.25, 0.3) is 0 Å². The van der Waals surface area contributed by atoms with Crippen molar-refractivity contribution in [2.75, 3.05) is 20.7 Å². The van der Waals surface area contributed by atoms with Gasteiger partial charge in [0, 0.05) is 6.04 Å². The predicted octanol–water partition coefficient (Wildman–Crippen LogP) is 2.38. The number of ether oxygens (including phenoxy) is 1. The van der Waals surface area contributed by atoms with Gasteiger partial charge in [0.15, 0.2) is 0 Å². The molecular weight excluding hydrogens is 233 g/mol. The van der Waals surface area contributed by atoms with E-state index in [1.807, 2.05) is 13.1 Å². The molecule has 18 heavy (non-hydrogen) atoms. The van der Waals surface area contributed by atoms with Crippen molar-refractivity contribution in [1.82, 2.24) is 4.90 Å². The van der Waals surface area contributed by atoms with Gasteiger partial charge in [-0.1, -0.05) is 12.1 Å². The number of carbonyl (C=O) groups is 1. The standard InChI is InChI=1S/C14H18FNO2/c1-16-7-6-11(14(17)18-2)9-13(16)10-4-3-5-12(15)8-10/h3-5,8,11,13H,6-7,9H2,1-2H3. The molecule has 0 N–H and O–H groups in total. The average molecular weight is 251 g/mol. The lowest BCUT2D eigenvalue weighted by atomic mass is 9.87. The third-order valence-electron chi connectivity index (χ3n) is 3.64. The first-order chi connectivity index (χ1) is 8.61. The maximum Gasteiger partial charge on any atom is 0.308 e. The smallest absolute Gasteiger partial charge is 0.308 e. The Hall–Kier alpha value is -1.42. The van der Waals surface area contributed by atoms with Crippen LogP contribution in [0.1, 0.15) is 24.4 Å². The minimum Gasteiger partial charge on any atom is -0.469 e. The summed E-state index contributed by atoms with van der Waals surface area (Å²) in [5, 5.41) is 0. The molecule has 1 fully saturated rings. The Morgan fingerprint density at radius 3 is 2.94 bits per heavy atom. The summed E-state index contributed by atoms with van der Waals surface area (Å²) < 4.78 is 18.1. The largest absolute Gasteiger partial charge is 0.469 e. The molecule has 0 aromatic heterocycles. The molecule has 4 heteroatoms. The van der Waals surface area contributed by atoms with Crippen LogP contribution < -0.4 is 0 Å². The molecule has 0 aliphatic carbocycles. The van der Waals surface area contributed by atoms with E-state index in [9.17, 15) is 9.18 Å². The molecule has 1 aliphatic rings. The number of benzene rings is 1. The van der Waals surface area contributed by atoms with Crippen molar-refractivity contribution in [3.63, 3.8) is 0 Å². The molecule has 0 bridgehead atoms. The second-order valence-electron chi connectivity index (χ2n) is 4.80. The van der Waals surface area contributed by atoms with Gasteiger partial charge in [0.1, 0.15) is 5.82 Å². The van der Waals surface area contributed by atoms with Crippen LogP contribution in [0.2, 0.25) is 0 Å². The van der Waals surface area contributed by atoms with Crippen molar-refractivity contribution >= 4 is 5.97 Å². The van der Waals surface area contributed by atoms with Crippen molar-refractivity contribution < 1.29 is 13.9 Å². The minimum atomic E-state index is -0.235. The van der Waals surface area contributed by atoms with Gasteiger partial charge in [0.05, 0.1) is 13.0 Å². The van der Waals surface area contributed by atoms with Crippen molar-refractivity contribution in [3.05, 3.63) is 35.6 Å². The molecule has 1 heterocycles. The van der Waals surface area contributed by atoms with E-state index in [1.54, 1.807) is 12.1 Å². The van der Waals surface area contributed by atoms with Crippen LogP contribution in [0.3, 0.4) is 0 Å². The monoisotopic (exact) mass is 251 g/mol. The van der Waals surface area contributed by atoms with Crippen molar-refractivity contribution in [3.8, 4) is 0 Å². The molecule has 0 amide bonds. The number of rotatable bonds is 2. The summed E-state index contributed by atoms with van der Waals surface area (Å²) in [4.78, 5) is 13.8. The number of hydrogen-bond donors (Lipinski definition) is 0. The first kappa shape index (κ1) is 13.0. The number of halogens is 1. The van der Waals surface area contributed by atoms with Gasteiger partial charge < -0.3 is 4.74 Å². The molecule has 2 unspecified atom stereocenters. The maximum atomic E-state index is 13.3. The van der Waals surface area contributed by atoms with Crippen LogP contribution in [-0.4, -0.2) is 31.6 Å². The van der Waals surface area contributed by atoms with Crippen LogP contribution in [0, 0.1) is 11.7 Å². The van der Waals surface area contributed by atoms with Gasteiger partial charge in [0.25, 0.3) is 0 Å². The summed E-state index contributed by atoms with van der Waals surface area (Å²) >= 11 is 0. The predicted molar refractivity (Wildman–Crippen MR) is 66.5 cm³/mol. The van der Waals surface area contributed by atoms with Crippen LogP contribution in [-0.2, 0) is 9.53 Å². The van der Waals surface area contributed by atoms with Gasteiger partial charge in [-0.2, -0.15) is 0 Å². The third kappa shape index (κ3) is 2.70. The molecule has 3 nitrogen and oxygen atoms in total. The summed E-state index contributed by atoms with van der Waals surface area (Å²) in [5.41, 5.74) is 0.922. The molecule has 0 spiro atoms. The Morgan fingerprint density at radius 1 is 1.50 bits per heavy atom. The summed E-state index contributed by atoms with van der Waals surface area (Å²) in [6, 6.07) is 6.67. The van der Waals surface area contributed by atoms with E-state index < -0.39 is 0 Å². The first-order valence-electron chi connectivity index (χ1n) is 6.15. The van der Waals surface area contributed by atoms with E-state index in [1.165, 1.54) is 13.2 Å². The Bertz CT molecular complexity index is 436. The molecular formula is C14H18FNO2. The summed E-state index contributed by atoms with van der Waals surface area (Å²) in [6.07, 6.45) is 1.49. The summed E-state index contributed by atoms with van der Waals surface area (Å²) in [5.74, 6) is -0.481. The van der Waals surface area contributed by atoms with E-state index in [0.717, 1.165) is 18.5 Å². The zero-order valence-corrected chi connectivity index (χ0v) is 10.7. The van der Waals surface area contributed by atoms with Crippen molar-refractivity contribution in [1.29, 1.82) is 0 Å². The highest BCUT2D eigenvalue weighted by Crippen LogP contribution is 2.33. The third-order valence-corrected chi connectivity index (χ3v) is 3.64. The van der Waals surface area contributed by atoms with E-state index in [-0.39, 0.29) is 23.7 Å². The number of nitrogens with zero attached hydrogens (tertiary/aromatic N) is 1. The van der Waals surface area contributed by atoms with Gasteiger partial charge in [-0.15, -0.1) is 0 Å². The highest BCUT2D eigenvalue weighted by molar-refractivity contribution is 5.72. The second kappa shape index (κ2) is 5.48. The van der Waals surface area contributed by atoms with E-state index in [4.69, 9.17) is 4.74 Å². The molecule has 1 aliphatic heterocycles. The minimum absolute atomic E-state index is 0.0820. The van der Waals surface area contributed by atoms with E-state index >= 15 is 0 Å². The fourth-order valence-corrected chi connectivity index (χ4v) is 2.57. The van der Waals surface area contributed by atoms with Crippen molar-refractivity contribution in [2.45, 2.75) is 18.9 Å². The van der Waals surface area contributed by atoms with Gasteiger partial charge in [-0.05, 0) is 44.1 Å². The Kier molecular flexibility index (Phi) is 3.97. The Balaban J connectivity index is 2.17. The highest BCUT2D eigenvalue weighted by Gasteiger charge is 2.31. The SMILES string of the molecule is COC(=O)C1CCN(C)C(c2cccc(F)c2)C1. The molecule has 2 rings (SSSR count). The van der Waals surface area contributed by atoms with E-state index in [2.05, 4.69) is 4.90 Å². The molecule has 0 radical (unpaired) electrons. The molecule has 2 atom stereocenters. The maximum absolute atomic E-state index is 13.3. The average Bonchev–Trinajstić information content (AvgIpc) is 2.38. The van der Waals surface area contributed by atoms with E-state index in [0.29, 0.717) is 6.42 Å². The van der Waals surface area contributed by atoms with Gasteiger partial charge in [-0.3, -0.25) is 9.69 Å². The quantitative estimate of drug-likeness (QED) is 0.756. The molecule has 98 valence electrons. The fraction of sp³-hybridized carbons (Fsp3) is 0.500. The lowest BCUT2D eigenvalue weighted by Crippen LogP contribution is -2.37. The highest BCUT2D eigenvalue weighted by atomic mass is 19.1. The molecule has 1 aromatic rings. The lowest BCUT2D eigenvalue weighted by Gasteiger charge is -2.36. The molecule has 1 saturated heterocycles. The zero-order valence-electron chi connectivity index (χ0n) is 10.7. The Labute approximate surface area is 107 Å². The lowest BCUT2D eigenvalue weighted by molar-refractivity contribution is -0.147. The van der Waals surface area contributed by atoms with Gasteiger partial charge in [-0.25, -0.2) is 4.39 Å². The van der Waals surface area contributed by atoms with Crippen LogP contribution >= 0.6 is 0 Å². The van der Waals surface area contributed by atoms with Crippen LogP contribution in [0.4, 0.5) is 4.39 Å². The first-order valence-corrected chi connectivity index (χ1v) is 6.15. The number of piperidine rings is 1. The zero-order chi connectivity index (χ0) is 13.1. The van der Waals surface area contributed by atoms with Crippen molar-refractivity contribution in [2.24, 2.45) is 5.92 Å². The van der Waals surface area contributed by atoms with Gasteiger partial charge >= 0.3 is 5.97 Å². The Morgan fingerprint density at radius 2 is 2.28 bits per heavy atom. The second-order valence-corrected chi connectivity index (χ2v) is 4.80. The number of methoxy groups -OCH3 is 1. The van der Waals surface area contributed by atoms with Crippen LogP contribution in [0.5, 0.6) is 0 Å². The molecule has 1 aromatic carbocycles. The normalized spacial score (nSPS) is 24.8. The number of likely N-dealkylation sites (tertiary alicyclic amines) is 1. The summed E-state index contributed by atoms with van der Waals surface area (Å²) in [7, 11) is 3.42. The van der Waals surface area contributed by atoms with Gasteiger partial charge in [0.2, 0.25) is 0 Å². The fourth-order valence-electron chi connectivity index (χ4n) is 2.57.